The number of amides is 1. The lowest BCUT2D eigenvalue weighted by molar-refractivity contribution is -0.129. The van der Waals surface area contributed by atoms with Crippen LogP contribution >= 0.6 is 23.2 Å². The van der Waals surface area contributed by atoms with Crippen molar-refractivity contribution < 1.29 is 22.5 Å². The molecule has 3 heterocycles. The number of fused-ring (bicyclic) bond motifs is 1. The molecule has 1 aliphatic rings. The van der Waals surface area contributed by atoms with E-state index in [1.54, 1.807) is 42.2 Å². The number of hydrogen-bond acceptors (Lipinski definition) is 8. The highest BCUT2D eigenvalue weighted by Gasteiger charge is 2.23. The molecule has 0 radical (unpaired) electrons. The van der Waals surface area contributed by atoms with Gasteiger partial charge in [0.15, 0.2) is 0 Å². The molecule has 4 aromatic rings. The summed E-state index contributed by atoms with van der Waals surface area (Å²) in [5.74, 6) is 0.699. The summed E-state index contributed by atoms with van der Waals surface area (Å²) in [7, 11) is -3.03. The Bertz CT molecular complexity index is 1690. The number of carbonyl (C=O) groups is 1. The van der Waals surface area contributed by atoms with Gasteiger partial charge in [-0.15, -0.1) is 0 Å². The van der Waals surface area contributed by atoms with Gasteiger partial charge in [-0.25, -0.2) is 13.9 Å². The largest absolute Gasteiger partial charge is 0.494 e. The van der Waals surface area contributed by atoms with E-state index in [2.05, 4.69) is 20.2 Å². The van der Waals surface area contributed by atoms with Crippen molar-refractivity contribution in [3.8, 4) is 17.0 Å². The third-order valence-corrected chi connectivity index (χ3v) is 7.89. The number of nitrogens with zero attached hydrogens (tertiary/aromatic N) is 5. The second kappa shape index (κ2) is 12.5. The number of rotatable bonds is 6. The molecule has 0 unspecified atom stereocenters. The lowest BCUT2D eigenvalue weighted by atomic mass is 10.1. The van der Waals surface area contributed by atoms with E-state index in [0.717, 1.165) is 9.66 Å². The highest BCUT2D eigenvalue weighted by molar-refractivity contribution is 7.84. The molecular weight excluding hydrogens is 591 g/mol. The molecule has 0 bridgehead atoms. The van der Waals surface area contributed by atoms with Gasteiger partial charge in [0, 0.05) is 56.3 Å². The number of aromatic nitrogens is 3. The molecule has 2 aromatic carbocycles. The van der Waals surface area contributed by atoms with Crippen LogP contribution in [-0.2, 0) is 15.1 Å². The maximum absolute atomic E-state index is 12.0. The monoisotopic (exact) mass is 620 g/mol. The molecule has 14 heteroatoms. The molecule has 0 saturated carbocycles. The zero-order valence-electron chi connectivity index (χ0n) is 22.9. The van der Waals surface area contributed by atoms with Crippen LogP contribution in [0, 0.1) is 0 Å². The van der Waals surface area contributed by atoms with E-state index in [0.29, 0.717) is 53.6 Å². The number of anilines is 3. The number of methoxy groups -OCH3 is 1. The Balaban J connectivity index is 0.00000189. The van der Waals surface area contributed by atoms with E-state index < -0.39 is 10.3 Å². The summed E-state index contributed by atoms with van der Waals surface area (Å²) in [6.45, 7) is 8.03. The molecule has 1 aliphatic heterocycles. The third kappa shape index (κ3) is 6.35. The minimum Gasteiger partial charge on any atom is -0.494 e. The van der Waals surface area contributed by atoms with Crippen LogP contribution in [0.2, 0.25) is 10.0 Å². The lowest BCUT2D eigenvalue weighted by Crippen LogP contribution is -2.48. The lowest BCUT2D eigenvalue weighted by Gasteiger charge is -2.36. The molecule has 0 aliphatic carbocycles. The normalized spacial score (nSPS) is 13.5. The molecule has 1 saturated heterocycles. The molecule has 5 rings (SSSR count). The summed E-state index contributed by atoms with van der Waals surface area (Å²) in [5.41, 5.74) is 2.20. The van der Waals surface area contributed by atoms with E-state index in [4.69, 9.17) is 27.9 Å². The van der Waals surface area contributed by atoms with Gasteiger partial charge in [0.05, 0.1) is 45.9 Å². The molecule has 41 heavy (non-hydrogen) atoms. The SMILES string of the molecule is CC.COc1cc(N2CCN(C(C)=O)CC2)c(Cl)cc1Nc1ncc(Cl)c(-c2cn(S(=O)(=O)O)c3ccccc23)n1. The minimum atomic E-state index is -4.56. The molecule has 1 fully saturated rings. The van der Waals surface area contributed by atoms with Gasteiger partial charge in [-0.05, 0) is 12.1 Å². The molecule has 2 aromatic heterocycles. The van der Waals surface area contributed by atoms with Crippen molar-refractivity contribution >= 4 is 67.6 Å². The van der Waals surface area contributed by atoms with Crippen molar-refractivity contribution in [3.63, 3.8) is 0 Å². The number of ether oxygens (including phenoxy) is 1. The number of piperazine rings is 1. The summed E-state index contributed by atoms with van der Waals surface area (Å²) in [5, 5.41) is 4.28. The summed E-state index contributed by atoms with van der Waals surface area (Å²) in [6.07, 6.45) is 2.65. The average Bonchev–Trinajstić information content (AvgIpc) is 3.36. The molecule has 218 valence electrons. The van der Waals surface area contributed by atoms with Gasteiger partial charge in [0.25, 0.3) is 0 Å². The van der Waals surface area contributed by atoms with E-state index >= 15 is 0 Å². The number of nitrogens with one attached hydrogen (secondary N) is 1. The topological polar surface area (TPSA) is 130 Å². The molecular formula is C27H30Cl2N6O5S. The van der Waals surface area contributed by atoms with Crippen molar-refractivity contribution in [1.82, 2.24) is 18.8 Å². The average molecular weight is 622 g/mol. The van der Waals surface area contributed by atoms with Crippen molar-refractivity contribution in [2.45, 2.75) is 20.8 Å². The van der Waals surface area contributed by atoms with Gasteiger partial charge in [0.2, 0.25) is 11.9 Å². The Morgan fingerprint density at radius 3 is 2.39 bits per heavy atom. The molecule has 2 N–H and O–H groups in total. The maximum atomic E-state index is 12.0. The Kier molecular flexibility index (Phi) is 9.27. The molecule has 11 nitrogen and oxygen atoms in total. The number of carbonyl (C=O) groups excluding carboxylic acids is 1. The van der Waals surface area contributed by atoms with Gasteiger partial charge >= 0.3 is 10.3 Å². The Labute approximate surface area is 248 Å². The standard InChI is InChI=1S/C25H24Cl2N6O5S.C2H6/c1-15(34)31-7-9-32(10-8-31)22-12-23(38-2)20(11-18(22)26)29-25-28-13-19(27)24(30-25)17-14-33(39(35,36)37)21-6-4-3-5-16(17)21;1-2/h3-6,11-14H,7-10H2,1-2H3,(H,28,29,30)(H,35,36,37);1-2H3. The van der Waals surface area contributed by atoms with Crippen molar-refractivity contribution in [3.05, 3.63) is 58.8 Å². The fraction of sp³-hybridized carbons (Fsp3) is 0.296. The first-order valence-electron chi connectivity index (χ1n) is 12.8. The van der Waals surface area contributed by atoms with Gasteiger partial charge in [-0.1, -0.05) is 55.2 Å². The number of benzene rings is 2. The Morgan fingerprint density at radius 1 is 1.07 bits per heavy atom. The summed E-state index contributed by atoms with van der Waals surface area (Å²) in [6, 6.07) is 10.2. The zero-order chi connectivity index (χ0) is 29.9. The smallest absolute Gasteiger partial charge is 0.363 e. The maximum Gasteiger partial charge on any atom is 0.363 e. The molecule has 1 amide bonds. The highest BCUT2D eigenvalue weighted by Crippen LogP contribution is 2.39. The second-order valence-corrected chi connectivity index (χ2v) is 10.9. The predicted molar refractivity (Wildman–Crippen MR) is 162 cm³/mol. The van der Waals surface area contributed by atoms with Crippen molar-refractivity contribution in [2.24, 2.45) is 0 Å². The predicted octanol–water partition coefficient (Wildman–Crippen LogP) is 5.50. The fourth-order valence-corrected chi connectivity index (χ4v) is 5.70. The summed E-state index contributed by atoms with van der Waals surface area (Å²) < 4.78 is 40.0. The summed E-state index contributed by atoms with van der Waals surface area (Å²) in [4.78, 5) is 24.3. The van der Waals surface area contributed by atoms with E-state index in [1.807, 2.05) is 19.9 Å². The van der Waals surface area contributed by atoms with Crippen LogP contribution in [-0.4, -0.2) is 71.0 Å². The van der Waals surface area contributed by atoms with Crippen molar-refractivity contribution in [1.29, 1.82) is 0 Å². The van der Waals surface area contributed by atoms with Crippen LogP contribution in [0.1, 0.15) is 20.8 Å². The van der Waals surface area contributed by atoms with Gasteiger partial charge in [-0.3, -0.25) is 9.35 Å². The van der Waals surface area contributed by atoms with Crippen LogP contribution in [0.3, 0.4) is 0 Å². The van der Waals surface area contributed by atoms with Gasteiger partial charge in [-0.2, -0.15) is 8.42 Å². The van der Waals surface area contributed by atoms with Crippen LogP contribution in [0.25, 0.3) is 22.2 Å². The Morgan fingerprint density at radius 2 is 1.76 bits per heavy atom. The summed E-state index contributed by atoms with van der Waals surface area (Å²) >= 11 is 13.1. The first-order chi connectivity index (χ1) is 19.6. The van der Waals surface area contributed by atoms with Crippen LogP contribution in [0.4, 0.5) is 17.3 Å². The molecule has 0 atom stereocenters. The highest BCUT2D eigenvalue weighted by atomic mass is 35.5. The Hall–Kier alpha value is -3.58. The van der Waals surface area contributed by atoms with Gasteiger partial charge in [0.1, 0.15) is 5.75 Å². The van der Waals surface area contributed by atoms with Crippen LogP contribution < -0.4 is 15.0 Å². The van der Waals surface area contributed by atoms with Gasteiger partial charge < -0.3 is 19.9 Å². The van der Waals surface area contributed by atoms with E-state index in [-0.39, 0.29) is 28.1 Å². The number of halogens is 2. The third-order valence-electron chi connectivity index (χ3n) is 6.51. The van der Waals surface area contributed by atoms with Crippen LogP contribution in [0.15, 0.2) is 48.8 Å². The first-order valence-corrected chi connectivity index (χ1v) is 15.0. The van der Waals surface area contributed by atoms with E-state index in [9.17, 15) is 17.8 Å². The quantitative estimate of drug-likeness (QED) is 0.268. The minimum absolute atomic E-state index is 0.0442. The second-order valence-electron chi connectivity index (χ2n) is 8.85. The fourth-order valence-electron chi connectivity index (χ4n) is 4.58. The van der Waals surface area contributed by atoms with E-state index in [1.165, 1.54) is 19.5 Å². The zero-order valence-corrected chi connectivity index (χ0v) is 25.3. The van der Waals surface area contributed by atoms with Crippen LogP contribution in [0.5, 0.6) is 5.75 Å². The molecule has 0 spiro atoms. The number of para-hydroxylation sites is 1. The van der Waals surface area contributed by atoms with Crippen molar-refractivity contribution in [2.75, 3.05) is 43.5 Å². The first kappa shape index (κ1) is 30.4. The number of hydrogen-bond donors (Lipinski definition) is 2.